The lowest BCUT2D eigenvalue weighted by atomic mass is 10.2. The molecule has 150 valence electrons. The molecule has 0 radical (unpaired) electrons. The van der Waals surface area contributed by atoms with Gasteiger partial charge in [-0.2, -0.15) is 0 Å². The van der Waals surface area contributed by atoms with Gasteiger partial charge in [0.25, 0.3) is 5.91 Å². The zero-order valence-electron chi connectivity index (χ0n) is 15.5. The Morgan fingerprint density at radius 3 is 2.59 bits per heavy atom. The van der Waals surface area contributed by atoms with Gasteiger partial charge < -0.3 is 5.32 Å². The minimum absolute atomic E-state index is 0.0303. The largest absolute Gasteiger partial charge is 0.350 e. The van der Waals surface area contributed by atoms with Gasteiger partial charge in [0.15, 0.2) is 9.84 Å². The van der Waals surface area contributed by atoms with Crippen LogP contribution in [-0.2, 0) is 9.84 Å². The van der Waals surface area contributed by atoms with Crippen molar-refractivity contribution in [3.63, 3.8) is 0 Å². The van der Waals surface area contributed by atoms with E-state index in [1.54, 1.807) is 36.4 Å². The maximum Gasteiger partial charge on any atom is 0.252 e. The monoisotopic (exact) mass is 432 g/mol. The minimum Gasteiger partial charge on any atom is -0.350 e. The number of carbonyl (C=O) groups is 1. The van der Waals surface area contributed by atoms with Gasteiger partial charge in [-0.05, 0) is 54.4 Å². The van der Waals surface area contributed by atoms with Crippen LogP contribution in [0.1, 0.15) is 26.7 Å². The van der Waals surface area contributed by atoms with Crippen LogP contribution in [0.3, 0.4) is 0 Å². The average molecular weight is 433 g/mol. The molecule has 2 aromatic carbocycles. The van der Waals surface area contributed by atoms with Crippen molar-refractivity contribution in [1.29, 1.82) is 0 Å². The number of aryl methyl sites for hydroxylation is 1. The van der Waals surface area contributed by atoms with Gasteiger partial charge in [-0.15, -0.1) is 0 Å². The van der Waals surface area contributed by atoms with Crippen LogP contribution in [0.5, 0.6) is 0 Å². The third-order valence-electron chi connectivity index (χ3n) is 4.46. The van der Waals surface area contributed by atoms with Gasteiger partial charge in [-0.25, -0.2) is 12.8 Å². The van der Waals surface area contributed by atoms with E-state index in [4.69, 9.17) is 11.6 Å². The normalized spacial score (nSPS) is 12.4. The molecular formula is C21H18ClFN2O3S. The number of hydrogen-bond donors (Lipinski definition) is 1. The highest BCUT2D eigenvalue weighted by atomic mass is 35.5. The predicted octanol–water partition coefficient (Wildman–Crippen LogP) is 4.13. The molecule has 0 saturated heterocycles. The first kappa shape index (κ1) is 21.0. The second-order valence-corrected chi connectivity index (χ2v) is 8.96. The van der Waals surface area contributed by atoms with Crippen molar-refractivity contribution < 1.29 is 17.6 Å². The van der Waals surface area contributed by atoms with Gasteiger partial charge in [0.05, 0.1) is 15.5 Å². The predicted molar refractivity (Wildman–Crippen MR) is 109 cm³/mol. The molecule has 0 saturated carbocycles. The Morgan fingerprint density at radius 1 is 1.17 bits per heavy atom. The lowest BCUT2D eigenvalue weighted by Gasteiger charge is -2.19. The molecule has 1 amide bonds. The average Bonchev–Trinajstić information content (AvgIpc) is 2.71. The van der Waals surface area contributed by atoms with Crippen molar-refractivity contribution in [2.24, 2.45) is 0 Å². The van der Waals surface area contributed by atoms with Crippen molar-refractivity contribution in [3.05, 3.63) is 94.5 Å². The summed E-state index contributed by atoms with van der Waals surface area (Å²) in [7, 11) is -3.94. The molecule has 5 nitrogen and oxygen atoms in total. The molecule has 3 aromatic rings. The number of aromatic nitrogens is 1. The van der Waals surface area contributed by atoms with Gasteiger partial charge in [0.2, 0.25) is 0 Å². The summed E-state index contributed by atoms with van der Waals surface area (Å²) < 4.78 is 40.2. The lowest BCUT2D eigenvalue weighted by molar-refractivity contribution is 0.0954. The van der Waals surface area contributed by atoms with E-state index in [9.17, 15) is 17.6 Å². The third kappa shape index (κ3) is 4.63. The number of halogens is 2. The van der Waals surface area contributed by atoms with E-state index in [0.29, 0.717) is 5.56 Å². The molecule has 0 aliphatic rings. The maximum absolute atomic E-state index is 13.6. The maximum atomic E-state index is 13.6. The van der Waals surface area contributed by atoms with E-state index in [0.717, 1.165) is 6.07 Å². The molecule has 0 aliphatic carbocycles. The zero-order chi connectivity index (χ0) is 21.0. The van der Waals surface area contributed by atoms with Crippen molar-refractivity contribution in [2.45, 2.75) is 17.1 Å². The molecule has 0 unspecified atom stereocenters. The number of benzene rings is 2. The van der Waals surface area contributed by atoms with Gasteiger partial charge >= 0.3 is 0 Å². The first-order valence-electron chi connectivity index (χ1n) is 8.73. The van der Waals surface area contributed by atoms with E-state index in [1.165, 1.54) is 31.5 Å². The smallest absolute Gasteiger partial charge is 0.252 e. The molecule has 1 atom stereocenters. The molecule has 0 aliphatic heterocycles. The summed E-state index contributed by atoms with van der Waals surface area (Å²) in [6, 6.07) is 13.3. The zero-order valence-corrected chi connectivity index (χ0v) is 17.0. The van der Waals surface area contributed by atoms with Crippen LogP contribution in [-0.4, -0.2) is 25.9 Å². The molecule has 29 heavy (non-hydrogen) atoms. The Hall–Kier alpha value is -2.77. The van der Waals surface area contributed by atoms with Crippen molar-refractivity contribution >= 4 is 27.3 Å². The molecule has 0 spiro atoms. The summed E-state index contributed by atoms with van der Waals surface area (Å²) in [5, 5.41) is 1.80. The summed E-state index contributed by atoms with van der Waals surface area (Å²) in [4.78, 5) is 16.5. The van der Waals surface area contributed by atoms with Crippen molar-refractivity contribution in [2.75, 3.05) is 6.54 Å². The highest BCUT2D eigenvalue weighted by Crippen LogP contribution is 2.29. The van der Waals surface area contributed by atoms with Crippen LogP contribution in [0, 0.1) is 12.7 Å². The minimum atomic E-state index is -3.94. The van der Waals surface area contributed by atoms with Crippen LogP contribution in [0.4, 0.5) is 4.39 Å². The van der Waals surface area contributed by atoms with E-state index >= 15 is 0 Å². The molecule has 1 N–H and O–H groups in total. The Bertz CT molecular complexity index is 1140. The van der Waals surface area contributed by atoms with Crippen LogP contribution in [0.25, 0.3) is 0 Å². The number of pyridine rings is 1. The van der Waals surface area contributed by atoms with Gasteiger partial charge in [-0.3, -0.25) is 9.78 Å². The van der Waals surface area contributed by atoms with E-state index in [-0.39, 0.29) is 27.6 Å². The molecule has 0 fully saturated rings. The number of hydrogen-bond acceptors (Lipinski definition) is 4. The molecule has 1 heterocycles. The lowest BCUT2D eigenvalue weighted by Crippen LogP contribution is -2.32. The second kappa shape index (κ2) is 8.71. The Labute approximate surface area is 173 Å². The van der Waals surface area contributed by atoms with Crippen LogP contribution in [0.2, 0.25) is 5.02 Å². The van der Waals surface area contributed by atoms with E-state index < -0.39 is 26.8 Å². The second-order valence-electron chi connectivity index (χ2n) is 6.42. The third-order valence-corrected chi connectivity index (χ3v) is 6.88. The summed E-state index contributed by atoms with van der Waals surface area (Å²) in [5.41, 5.74) is 0.874. The molecule has 0 bridgehead atoms. The number of sulfone groups is 1. The summed E-state index contributed by atoms with van der Waals surface area (Å²) >= 11 is 6.04. The highest BCUT2D eigenvalue weighted by Gasteiger charge is 2.30. The molecule has 1 aromatic heterocycles. The number of nitrogens with zero attached hydrogens (tertiary/aromatic N) is 1. The fraction of sp³-hybridized carbons (Fsp3) is 0.143. The number of carbonyl (C=O) groups excluding carboxylic acids is 1. The number of amides is 1. The molecule has 8 heteroatoms. The topological polar surface area (TPSA) is 76.1 Å². The Balaban J connectivity index is 1.94. The van der Waals surface area contributed by atoms with Crippen LogP contribution < -0.4 is 5.32 Å². The van der Waals surface area contributed by atoms with E-state index in [2.05, 4.69) is 10.3 Å². The first-order valence-corrected chi connectivity index (χ1v) is 10.7. The van der Waals surface area contributed by atoms with Gasteiger partial charge in [0, 0.05) is 18.9 Å². The van der Waals surface area contributed by atoms with Crippen molar-refractivity contribution in [3.8, 4) is 0 Å². The fourth-order valence-electron chi connectivity index (χ4n) is 2.86. The standard InChI is InChI=1S/C21H18ClFN2O3S/c1-14-11-16(8-9-19(14)23)29(27,28)20(15-5-4-10-24-12-15)13-25-21(26)17-6-2-3-7-18(17)22/h2-12,20H,13H2,1H3,(H,25,26)/t20-/m1/s1. The first-order chi connectivity index (χ1) is 13.8. The molecule has 3 rings (SSSR count). The highest BCUT2D eigenvalue weighted by molar-refractivity contribution is 7.91. The number of nitrogens with one attached hydrogen (secondary N) is 1. The van der Waals surface area contributed by atoms with Gasteiger partial charge in [-0.1, -0.05) is 29.8 Å². The van der Waals surface area contributed by atoms with Crippen LogP contribution >= 0.6 is 11.6 Å². The fourth-order valence-corrected chi connectivity index (χ4v) is 4.81. The molecular weight excluding hydrogens is 415 g/mol. The Morgan fingerprint density at radius 2 is 1.93 bits per heavy atom. The Kier molecular flexibility index (Phi) is 6.30. The van der Waals surface area contributed by atoms with E-state index in [1.807, 2.05) is 0 Å². The van der Waals surface area contributed by atoms with Crippen molar-refractivity contribution in [1.82, 2.24) is 10.3 Å². The summed E-state index contributed by atoms with van der Waals surface area (Å²) in [5.74, 6) is -0.983. The van der Waals surface area contributed by atoms with Crippen LogP contribution in [0.15, 0.2) is 71.9 Å². The quantitative estimate of drug-likeness (QED) is 0.594. The van der Waals surface area contributed by atoms with Gasteiger partial charge in [0.1, 0.15) is 11.1 Å². The summed E-state index contributed by atoms with van der Waals surface area (Å²) in [6.45, 7) is 1.29. The number of rotatable bonds is 6. The SMILES string of the molecule is Cc1cc(S(=O)(=O)[C@H](CNC(=O)c2ccccc2Cl)c2cccnc2)ccc1F. The summed E-state index contributed by atoms with van der Waals surface area (Å²) in [6.07, 6.45) is 2.96.